The number of nitrogens with zero attached hydrogens (tertiary/aromatic N) is 7. The van der Waals surface area contributed by atoms with Crippen LogP contribution in [0.3, 0.4) is 0 Å². The molecular formula is C28H29N7O. The smallest absolute Gasteiger partial charge is 0.138 e. The number of aryl methyl sites for hydroxylation is 1. The lowest BCUT2D eigenvalue weighted by Crippen LogP contribution is -2.67. The summed E-state index contributed by atoms with van der Waals surface area (Å²) in [5.41, 5.74) is 5.54. The van der Waals surface area contributed by atoms with Crippen molar-refractivity contribution < 1.29 is 4.74 Å². The number of ether oxygens (including phenoxy) is 1. The Hall–Kier alpha value is -3.96. The van der Waals surface area contributed by atoms with Crippen molar-refractivity contribution in [2.75, 3.05) is 19.7 Å². The maximum Gasteiger partial charge on any atom is 0.138 e. The maximum atomic E-state index is 9.63. The number of nitriles is 1. The zero-order valence-electron chi connectivity index (χ0n) is 20.6. The van der Waals surface area contributed by atoms with E-state index in [4.69, 9.17) is 9.73 Å². The van der Waals surface area contributed by atoms with E-state index in [0.29, 0.717) is 24.3 Å². The standard InChI is InChI=1S/C28H29N7O/c1-3-36-25-10-26(28-22(11-29)14-32-35(28)18-25)21-5-4-6-27(31-13-21)33-16-23-9-24(17-33)34(23)15-20-8-7-19(2)30-12-20/h5-8,10,12-14,18,23-24H,3-4,9,15-17H2,1-2H3. The molecule has 3 aromatic rings. The number of piperazine rings is 1. The van der Waals surface area contributed by atoms with Crippen LogP contribution in [0.2, 0.25) is 0 Å². The molecule has 8 nitrogen and oxygen atoms in total. The van der Waals surface area contributed by atoms with Gasteiger partial charge in [0.2, 0.25) is 0 Å². The topological polar surface area (TPSA) is 82.0 Å². The number of rotatable bonds is 6. The van der Waals surface area contributed by atoms with Gasteiger partial charge in [-0.05, 0) is 56.0 Å². The largest absolute Gasteiger partial charge is 0.492 e. The summed E-state index contributed by atoms with van der Waals surface area (Å²) >= 11 is 0. The first-order chi connectivity index (χ1) is 17.6. The lowest BCUT2D eigenvalue weighted by atomic mass is 9.87. The van der Waals surface area contributed by atoms with Crippen molar-refractivity contribution in [1.82, 2.24) is 24.4 Å². The monoisotopic (exact) mass is 479 g/mol. The minimum absolute atomic E-state index is 0.541. The Morgan fingerprint density at radius 1 is 1.17 bits per heavy atom. The predicted molar refractivity (Wildman–Crippen MR) is 139 cm³/mol. The lowest BCUT2D eigenvalue weighted by molar-refractivity contribution is -0.0645. The normalized spacial score (nSPS) is 21.4. The number of hydrogen-bond acceptors (Lipinski definition) is 7. The highest BCUT2D eigenvalue weighted by atomic mass is 16.5. The summed E-state index contributed by atoms with van der Waals surface area (Å²) in [7, 11) is 0. The van der Waals surface area contributed by atoms with Gasteiger partial charge in [0.1, 0.15) is 17.6 Å². The lowest BCUT2D eigenvalue weighted by Gasteiger charge is -2.57. The van der Waals surface area contributed by atoms with E-state index in [-0.39, 0.29) is 0 Å². The van der Waals surface area contributed by atoms with Crippen molar-refractivity contribution in [3.63, 3.8) is 0 Å². The van der Waals surface area contributed by atoms with Crippen molar-refractivity contribution in [3.8, 4) is 11.8 Å². The Morgan fingerprint density at radius 3 is 2.78 bits per heavy atom. The summed E-state index contributed by atoms with van der Waals surface area (Å²) in [5.74, 6) is 1.75. The van der Waals surface area contributed by atoms with Gasteiger partial charge in [0, 0.05) is 55.4 Å². The van der Waals surface area contributed by atoms with Crippen molar-refractivity contribution >= 4 is 17.3 Å². The SMILES string of the molecule is CCOc1cc(C2=CCC=C(N3CC4CC(C3)N4Cc3ccc(C)nc3)N=C2)c2c(C#N)cnn2c1. The minimum atomic E-state index is 0.541. The molecule has 2 bridgehead atoms. The van der Waals surface area contributed by atoms with Gasteiger partial charge in [-0.3, -0.25) is 9.88 Å². The molecule has 0 N–H and O–H groups in total. The Balaban J connectivity index is 1.19. The van der Waals surface area contributed by atoms with E-state index in [1.165, 1.54) is 12.0 Å². The van der Waals surface area contributed by atoms with E-state index < -0.39 is 0 Å². The molecule has 3 aromatic heterocycles. The van der Waals surface area contributed by atoms with Crippen molar-refractivity contribution in [3.05, 3.63) is 77.1 Å². The van der Waals surface area contributed by atoms with Crippen LogP contribution in [-0.2, 0) is 6.54 Å². The van der Waals surface area contributed by atoms with E-state index >= 15 is 0 Å². The summed E-state index contributed by atoms with van der Waals surface area (Å²) in [4.78, 5) is 14.4. The second-order valence-corrected chi connectivity index (χ2v) is 9.63. The molecule has 4 aliphatic rings. The first-order valence-electron chi connectivity index (χ1n) is 12.5. The van der Waals surface area contributed by atoms with Gasteiger partial charge in [-0.25, -0.2) is 9.51 Å². The van der Waals surface area contributed by atoms with Gasteiger partial charge in [-0.2, -0.15) is 10.4 Å². The summed E-state index contributed by atoms with van der Waals surface area (Å²) in [6.45, 7) is 7.48. The molecule has 0 aliphatic carbocycles. The Kier molecular flexibility index (Phi) is 5.78. The van der Waals surface area contributed by atoms with Crippen LogP contribution in [0.1, 0.15) is 42.1 Å². The summed E-state index contributed by atoms with van der Waals surface area (Å²) in [6, 6.07) is 9.62. The number of aromatic nitrogens is 3. The first-order valence-corrected chi connectivity index (χ1v) is 12.5. The quantitative estimate of drug-likeness (QED) is 0.532. The van der Waals surface area contributed by atoms with Crippen LogP contribution < -0.4 is 4.74 Å². The van der Waals surface area contributed by atoms with Crippen LogP contribution in [0, 0.1) is 18.3 Å². The number of hydrogen-bond donors (Lipinski definition) is 0. The number of piperidine rings is 1. The van der Waals surface area contributed by atoms with Gasteiger partial charge >= 0.3 is 0 Å². The molecule has 0 saturated carbocycles. The second-order valence-electron chi connectivity index (χ2n) is 9.63. The molecule has 2 atom stereocenters. The molecular weight excluding hydrogens is 450 g/mol. The first kappa shape index (κ1) is 22.5. The molecule has 182 valence electrons. The Bertz CT molecular complexity index is 1410. The van der Waals surface area contributed by atoms with Crippen LogP contribution in [-0.4, -0.2) is 62.4 Å². The fourth-order valence-corrected chi connectivity index (χ4v) is 5.50. The number of aliphatic imine (C=N–C) groups is 1. The zero-order chi connectivity index (χ0) is 24.6. The third-order valence-corrected chi connectivity index (χ3v) is 7.31. The van der Waals surface area contributed by atoms with Crippen LogP contribution in [0.15, 0.2) is 59.8 Å². The van der Waals surface area contributed by atoms with Gasteiger partial charge in [0.25, 0.3) is 0 Å². The molecule has 7 heterocycles. The average molecular weight is 480 g/mol. The van der Waals surface area contributed by atoms with Crippen molar-refractivity contribution in [2.24, 2.45) is 4.99 Å². The molecule has 4 aliphatic heterocycles. The number of pyridine rings is 2. The third kappa shape index (κ3) is 4.06. The highest BCUT2D eigenvalue weighted by Crippen LogP contribution is 2.36. The molecule has 3 saturated heterocycles. The van der Waals surface area contributed by atoms with Gasteiger partial charge < -0.3 is 9.64 Å². The van der Waals surface area contributed by atoms with Gasteiger partial charge in [0.05, 0.1) is 30.1 Å². The highest BCUT2D eigenvalue weighted by molar-refractivity contribution is 6.13. The van der Waals surface area contributed by atoms with Crippen LogP contribution in [0.25, 0.3) is 11.1 Å². The van der Waals surface area contributed by atoms with Gasteiger partial charge in [0.15, 0.2) is 0 Å². The van der Waals surface area contributed by atoms with E-state index in [1.54, 1.807) is 10.7 Å². The predicted octanol–water partition coefficient (Wildman–Crippen LogP) is 3.97. The molecule has 36 heavy (non-hydrogen) atoms. The van der Waals surface area contributed by atoms with Gasteiger partial charge in [-0.1, -0.05) is 12.1 Å². The fraction of sp³-hybridized carbons (Fsp3) is 0.357. The Labute approximate surface area is 210 Å². The maximum absolute atomic E-state index is 9.63. The molecule has 0 spiro atoms. The van der Waals surface area contributed by atoms with E-state index in [2.05, 4.69) is 50.2 Å². The minimum Gasteiger partial charge on any atom is -0.492 e. The third-order valence-electron chi connectivity index (χ3n) is 7.31. The molecule has 3 fully saturated rings. The molecule has 2 unspecified atom stereocenters. The fourth-order valence-electron chi connectivity index (χ4n) is 5.50. The van der Waals surface area contributed by atoms with E-state index in [0.717, 1.165) is 60.0 Å². The van der Waals surface area contributed by atoms with Crippen molar-refractivity contribution in [2.45, 2.75) is 45.3 Å². The molecule has 8 heteroatoms. The molecule has 0 amide bonds. The molecule has 0 aromatic carbocycles. The van der Waals surface area contributed by atoms with Crippen LogP contribution >= 0.6 is 0 Å². The van der Waals surface area contributed by atoms with Crippen LogP contribution in [0.4, 0.5) is 0 Å². The summed E-state index contributed by atoms with van der Waals surface area (Å²) in [5, 5.41) is 14.0. The summed E-state index contributed by atoms with van der Waals surface area (Å²) in [6.07, 6.45) is 13.7. The number of fused-ring (bicyclic) bond motifs is 3. The van der Waals surface area contributed by atoms with Crippen molar-refractivity contribution in [1.29, 1.82) is 5.26 Å². The Morgan fingerprint density at radius 2 is 2.03 bits per heavy atom. The van der Waals surface area contributed by atoms with E-state index in [1.807, 2.05) is 38.5 Å². The highest BCUT2D eigenvalue weighted by Gasteiger charge is 2.44. The molecule has 0 radical (unpaired) electrons. The average Bonchev–Trinajstić information content (AvgIpc) is 3.15. The summed E-state index contributed by atoms with van der Waals surface area (Å²) < 4.78 is 7.49. The van der Waals surface area contributed by atoms with Crippen LogP contribution in [0.5, 0.6) is 5.75 Å². The molecule has 7 rings (SSSR count). The number of allylic oxidation sites excluding steroid dienone is 3. The zero-order valence-corrected chi connectivity index (χ0v) is 20.6. The van der Waals surface area contributed by atoms with Gasteiger partial charge in [-0.15, -0.1) is 0 Å². The van der Waals surface area contributed by atoms with E-state index in [9.17, 15) is 5.26 Å². The second kappa shape index (κ2) is 9.25.